The van der Waals surface area contributed by atoms with Gasteiger partial charge in [-0.2, -0.15) is 0 Å². The SMILES string of the molecule is CC1C(C(=O)O)CCN1C(=O)C1CCCN(C(=O)Nc2ccccc2)C1. The Morgan fingerprint density at radius 2 is 1.85 bits per heavy atom. The lowest BCUT2D eigenvalue weighted by atomic mass is 9.96. The van der Waals surface area contributed by atoms with Crippen LogP contribution in [-0.4, -0.2) is 58.5 Å². The van der Waals surface area contributed by atoms with Crippen LogP contribution in [0.15, 0.2) is 30.3 Å². The van der Waals surface area contributed by atoms with Gasteiger partial charge in [-0.25, -0.2) is 4.79 Å². The van der Waals surface area contributed by atoms with Gasteiger partial charge in [0.05, 0.1) is 11.8 Å². The van der Waals surface area contributed by atoms with Crippen molar-refractivity contribution in [3.63, 3.8) is 0 Å². The summed E-state index contributed by atoms with van der Waals surface area (Å²) < 4.78 is 0. The molecule has 0 spiro atoms. The summed E-state index contributed by atoms with van der Waals surface area (Å²) >= 11 is 0. The number of hydrogen-bond donors (Lipinski definition) is 2. The van der Waals surface area contributed by atoms with Gasteiger partial charge in [-0.3, -0.25) is 9.59 Å². The van der Waals surface area contributed by atoms with Crippen LogP contribution in [-0.2, 0) is 9.59 Å². The maximum absolute atomic E-state index is 12.9. The van der Waals surface area contributed by atoms with E-state index in [1.807, 2.05) is 30.3 Å². The topological polar surface area (TPSA) is 90.0 Å². The number of carbonyl (C=O) groups is 3. The van der Waals surface area contributed by atoms with Crippen LogP contribution in [0.3, 0.4) is 0 Å². The van der Waals surface area contributed by atoms with Crippen LogP contribution in [0.2, 0.25) is 0 Å². The highest BCUT2D eigenvalue weighted by atomic mass is 16.4. The monoisotopic (exact) mass is 359 g/mol. The molecule has 7 heteroatoms. The Balaban J connectivity index is 1.60. The molecular formula is C19H25N3O4. The molecule has 0 aromatic heterocycles. The van der Waals surface area contributed by atoms with Crippen molar-refractivity contribution in [2.45, 2.75) is 32.2 Å². The fraction of sp³-hybridized carbons (Fsp3) is 0.526. The molecule has 26 heavy (non-hydrogen) atoms. The number of amides is 3. The summed E-state index contributed by atoms with van der Waals surface area (Å²) in [6, 6.07) is 8.73. The number of nitrogens with one attached hydrogen (secondary N) is 1. The van der Waals surface area contributed by atoms with E-state index in [1.54, 1.807) is 16.7 Å². The summed E-state index contributed by atoms with van der Waals surface area (Å²) in [6.07, 6.45) is 1.99. The summed E-state index contributed by atoms with van der Waals surface area (Å²) in [6.45, 7) is 3.27. The third kappa shape index (κ3) is 3.81. The minimum Gasteiger partial charge on any atom is -0.481 e. The highest BCUT2D eigenvalue weighted by Crippen LogP contribution is 2.28. The first kappa shape index (κ1) is 18.2. The Hall–Kier alpha value is -2.57. The number of nitrogens with zero attached hydrogens (tertiary/aromatic N) is 2. The van der Waals surface area contributed by atoms with Crippen molar-refractivity contribution in [2.75, 3.05) is 25.0 Å². The molecule has 0 radical (unpaired) electrons. The Bertz CT molecular complexity index is 679. The van der Waals surface area contributed by atoms with E-state index >= 15 is 0 Å². The Kier molecular flexibility index (Phi) is 5.44. The highest BCUT2D eigenvalue weighted by molar-refractivity contribution is 5.90. The predicted octanol–water partition coefficient (Wildman–Crippen LogP) is 2.25. The van der Waals surface area contributed by atoms with Crippen LogP contribution >= 0.6 is 0 Å². The van der Waals surface area contributed by atoms with Gasteiger partial charge in [0.1, 0.15) is 0 Å². The van der Waals surface area contributed by atoms with Gasteiger partial charge < -0.3 is 20.2 Å². The summed E-state index contributed by atoms with van der Waals surface area (Å²) in [4.78, 5) is 40.0. The number of piperidine rings is 1. The summed E-state index contributed by atoms with van der Waals surface area (Å²) in [5.74, 6) is -1.64. The van der Waals surface area contributed by atoms with E-state index in [1.165, 1.54) is 0 Å². The van der Waals surface area contributed by atoms with Crippen LogP contribution in [0.25, 0.3) is 0 Å². The van der Waals surface area contributed by atoms with E-state index in [4.69, 9.17) is 0 Å². The molecule has 0 saturated carbocycles. The molecule has 0 bridgehead atoms. The molecule has 3 rings (SSSR count). The zero-order chi connectivity index (χ0) is 18.7. The van der Waals surface area contributed by atoms with E-state index in [-0.39, 0.29) is 23.9 Å². The van der Waals surface area contributed by atoms with E-state index in [9.17, 15) is 19.5 Å². The first-order chi connectivity index (χ1) is 12.5. The molecule has 2 saturated heterocycles. The maximum Gasteiger partial charge on any atom is 0.321 e. The van der Waals surface area contributed by atoms with Crippen molar-refractivity contribution in [1.82, 2.24) is 9.80 Å². The van der Waals surface area contributed by atoms with Gasteiger partial charge >= 0.3 is 12.0 Å². The molecule has 2 aliphatic rings. The lowest BCUT2D eigenvalue weighted by molar-refractivity contribution is -0.143. The van der Waals surface area contributed by atoms with Crippen LogP contribution in [0.1, 0.15) is 26.2 Å². The Labute approximate surface area is 153 Å². The van der Waals surface area contributed by atoms with Crippen molar-refractivity contribution in [1.29, 1.82) is 0 Å². The van der Waals surface area contributed by atoms with E-state index in [0.29, 0.717) is 26.1 Å². The maximum atomic E-state index is 12.9. The van der Waals surface area contributed by atoms with Gasteiger partial charge in [0.2, 0.25) is 5.91 Å². The zero-order valence-corrected chi connectivity index (χ0v) is 14.9. The molecule has 0 aliphatic carbocycles. The standard InChI is InChI=1S/C19H25N3O4/c1-13-16(18(24)25)9-11-22(13)17(23)14-6-5-10-21(12-14)19(26)20-15-7-3-2-4-8-15/h2-4,7-8,13-14,16H,5-6,9-12H2,1H3,(H,20,26)(H,24,25). The number of likely N-dealkylation sites (tertiary alicyclic amines) is 2. The number of rotatable bonds is 3. The van der Waals surface area contributed by atoms with Crippen molar-refractivity contribution in [3.05, 3.63) is 30.3 Å². The summed E-state index contributed by atoms with van der Waals surface area (Å²) in [7, 11) is 0. The quantitative estimate of drug-likeness (QED) is 0.866. The molecule has 140 valence electrons. The molecular weight excluding hydrogens is 334 g/mol. The number of carbonyl (C=O) groups excluding carboxylic acids is 2. The van der Waals surface area contributed by atoms with Gasteiger partial charge in [0.25, 0.3) is 0 Å². The number of carboxylic acid groups (broad SMARTS) is 1. The second-order valence-electron chi connectivity index (χ2n) is 7.09. The van der Waals surface area contributed by atoms with Gasteiger partial charge in [-0.1, -0.05) is 18.2 Å². The van der Waals surface area contributed by atoms with Gasteiger partial charge in [-0.05, 0) is 38.3 Å². The summed E-state index contributed by atoms with van der Waals surface area (Å²) in [5.41, 5.74) is 0.725. The van der Waals surface area contributed by atoms with E-state index < -0.39 is 11.9 Å². The van der Waals surface area contributed by atoms with Crippen molar-refractivity contribution in [2.24, 2.45) is 11.8 Å². The fourth-order valence-electron chi connectivity index (χ4n) is 3.90. The van der Waals surface area contributed by atoms with Crippen molar-refractivity contribution >= 4 is 23.6 Å². The molecule has 1 aromatic rings. The Morgan fingerprint density at radius 1 is 1.12 bits per heavy atom. The minimum absolute atomic E-state index is 0.0292. The number of benzene rings is 1. The summed E-state index contributed by atoms with van der Waals surface area (Å²) in [5, 5.41) is 12.1. The average molecular weight is 359 g/mol. The molecule has 1 aromatic carbocycles. The van der Waals surface area contributed by atoms with Crippen molar-refractivity contribution in [3.8, 4) is 0 Å². The molecule has 7 nitrogen and oxygen atoms in total. The zero-order valence-electron chi connectivity index (χ0n) is 14.9. The van der Waals surface area contributed by atoms with Crippen LogP contribution in [0.5, 0.6) is 0 Å². The van der Waals surface area contributed by atoms with Crippen LogP contribution in [0.4, 0.5) is 10.5 Å². The van der Waals surface area contributed by atoms with Crippen LogP contribution in [0, 0.1) is 11.8 Å². The number of urea groups is 1. The third-order valence-electron chi connectivity index (χ3n) is 5.44. The second kappa shape index (κ2) is 7.76. The van der Waals surface area contributed by atoms with Gasteiger partial charge in [0, 0.05) is 31.4 Å². The largest absolute Gasteiger partial charge is 0.481 e. The highest BCUT2D eigenvalue weighted by Gasteiger charge is 2.41. The molecule has 2 N–H and O–H groups in total. The average Bonchev–Trinajstić information content (AvgIpc) is 3.03. The lowest BCUT2D eigenvalue weighted by Crippen LogP contribution is -2.49. The first-order valence-corrected chi connectivity index (χ1v) is 9.11. The van der Waals surface area contributed by atoms with Crippen LogP contribution < -0.4 is 5.32 Å². The molecule has 3 amide bonds. The number of para-hydroxylation sites is 1. The number of carboxylic acids is 1. The Morgan fingerprint density at radius 3 is 2.50 bits per heavy atom. The fourth-order valence-corrected chi connectivity index (χ4v) is 3.90. The van der Waals surface area contributed by atoms with E-state index in [2.05, 4.69) is 5.32 Å². The number of hydrogen-bond acceptors (Lipinski definition) is 3. The van der Waals surface area contributed by atoms with Gasteiger partial charge in [0.15, 0.2) is 0 Å². The van der Waals surface area contributed by atoms with Gasteiger partial charge in [-0.15, -0.1) is 0 Å². The second-order valence-corrected chi connectivity index (χ2v) is 7.09. The third-order valence-corrected chi connectivity index (χ3v) is 5.44. The van der Waals surface area contributed by atoms with Crippen molar-refractivity contribution < 1.29 is 19.5 Å². The first-order valence-electron chi connectivity index (χ1n) is 9.11. The molecule has 2 heterocycles. The number of anilines is 1. The minimum atomic E-state index is -0.847. The van der Waals surface area contributed by atoms with E-state index in [0.717, 1.165) is 18.5 Å². The molecule has 3 unspecified atom stereocenters. The molecule has 3 atom stereocenters. The molecule has 2 aliphatic heterocycles. The number of aliphatic carboxylic acids is 1. The lowest BCUT2D eigenvalue weighted by Gasteiger charge is -2.35. The normalized spacial score (nSPS) is 25.8. The molecule has 2 fully saturated rings. The predicted molar refractivity (Wildman–Crippen MR) is 96.7 cm³/mol. The smallest absolute Gasteiger partial charge is 0.321 e.